The minimum absolute atomic E-state index is 0.648. The molecule has 1 aromatic heterocycles. The van der Waals surface area contributed by atoms with Crippen molar-refractivity contribution in [2.45, 2.75) is 19.0 Å². The summed E-state index contributed by atoms with van der Waals surface area (Å²) in [5, 5.41) is 0. The number of alkyl halides is 3. The van der Waals surface area contributed by atoms with Crippen molar-refractivity contribution in [3.8, 4) is 0 Å². The van der Waals surface area contributed by atoms with Crippen molar-refractivity contribution in [3.05, 3.63) is 18.0 Å². The largest absolute Gasteiger partial charge is 0.431 e. The maximum atomic E-state index is 12.2. The third-order valence-electron chi connectivity index (χ3n) is 2.44. The van der Waals surface area contributed by atoms with E-state index < -0.39 is 11.9 Å². The molecule has 2 heterocycles. The molecule has 0 aromatic carbocycles. The molecule has 2 rings (SSSR count). The highest BCUT2D eigenvalue weighted by Gasteiger charge is 2.32. The molecule has 14 heavy (non-hydrogen) atoms. The van der Waals surface area contributed by atoms with Crippen LogP contribution in [0, 0.1) is 0 Å². The first-order valence-corrected chi connectivity index (χ1v) is 4.58. The first-order valence-electron chi connectivity index (χ1n) is 4.58. The number of halogens is 3. The second-order valence-electron chi connectivity index (χ2n) is 3.46. The van der Waals surface area contributed by atoms with E-state index in [-0.39, 0.29) is 0 Å². The summed E-state index contributed by atoms with van der Waals surface area (Å²) in [6, 6.07) is 1.17. The highest BCUT2D eigenvalue weighted by Crippen LogP contribution is 2.31. The van der Waals surface area contributed by atoms with Crippen LogP contribution in [0.1, 0.15) is 18.5 Å². The quantitative estimate of drug-likeness (QED) is 0.745. The second-order valence-corrected chi connectivity index (χ2v) is 3.46. The average Bonchev–Trinajstić information content (AvgIpc) is 2.73. The normalized spacial score (nSPS) is 17.8. The number of rotatable bonds is 1. The number of anilines is 1. The molecule has 0 spiro atoms. The van der Waals surface area contributed by atoms with Gasteiger partial charge in [0, 0.05) is 19.3 Å². The van der Waals surface area contributed by atoms with Gasteiger partial charge in [0.25, 0.3) is 0 Å². The smallest absolute Gasteiger partial charge is 0.370 e. The Labute approximate surface area is 79.7 Å². The zero-order valence-corrected chi connectivity index (χ0v) is 7.56. The summed E-state index contributed by atoms with van der Waals surface area (Å²) in [6.07, 6.45) is -0.717. The summed E-state index contributed by atoms with van der Waals surface area (Å²) in [5.74, 6) is 0. The van der Waals surface area contributed by atoms with Crippen LogP contribution in [0.3, 0.4) is 0 Å². The minimum Gasteiger partial charge on any atom is -0.370 e. The van der Waals surface area contributed by atoms with Crippen molar-refractivity contribution in [3.63, 3.8) is 0 Å². The van der Waals surface area contributed by atoms with Gasteiger partial charge < -0.3 is 9.88 Å². The molecular formula is C9H11F3N2. The first-order chi connectivity index (χ1) is 6.57. The van der Waals surface area contributed by atoms with Crippen LogP contribution in [-0.4, -0.2) is 18.1 Å². The van der Waals surface area contributed by atoms with Crippen LogP contribution in [0.5, 0.6) is 0 Å². The van der Waals surface area contributed by atoms with E-state index in [9.17, 15) is 13.2 Å². The molecular weight excluding hydrogens is 193 g/mol. The lowest BCUT2D eigenvalue weighted by Gasteiger charge is -2.14. The van der Waals surface area contributed by atoms with E-state index in [0.717, 1.165) is 25.9 Å². The highest BCUT2D eigenvalue weighted by molar-refractivity contribution is 5.47. The van der Waals surface area contributed by atoms with Gasteiger partial charge in [-0.05, 0) is 18.9 Å². The molecule has 1 saturated heterocycles. The molecule has 0 atom stereocenters. The minimum atomic E-state index is -4.27. The van der Waals surface area contributed by atoms with E-state index in [4.69, 9.17) is 0 Å². The summed E-state index contributed by atoms with van der Waals surface area (Å²) in [7, 11) is 0. The summed E-state index contributed by atoms with van der Waals surface area (Å²) in [6.45, 7) is 1.71. The van der Waals surface area contributed by atoms with Gasteiger partial charge in [-0.15, -0.1) is 0 Å². The topological polar surface area (TPSA) is 19.0 Å². The second kappa shape index (κ2) is 3.22. The number of hydrogen-bond donors (Lipinski definition) is 1. The van der Waals surface area contributed by atoms with Gasteiger partial charge in [0.1, 0.15) is 5.69 Å². The number of H-pyrrole nitrogens is 1. The van der Waals surface area contributed by atoms with Crippen molar-refractivity contribution >= 4 is 5.69 Å². The lowest BCUT2D eigenvalue weighted by Crippen LogP contribution is -2.16. The van der Waals surface area contributed by atoms with Crippen LogP contribution in [0.15, 0.2) is 12.3 Å². The van der Waals surface area contributed by atoms with Gasteiger partial charge in [-0.2, -0.15) is 13.2 Å². The third kappa shape index (κ3) is 1.71. The molecule has 1 fully saturated rings. The van der Waals surface area contributed by atoms with E-state index in [2.05, 4.69) is 4.98 Å². The molecule has 1 aliphatic heterocycles. The van der Waals surface area contributed by atoms with E-state index in [0.29, 0.717) is 5.69 Å². The van der Waals surface area contributed by atoms with Crippen LogP contribution in [0.25, 0.3) is 0 Å². The lowest BCUT2D eigenvalue weighted by atomic mass is 10.4. The molecule has 1 aromatic rings. The molecule has 0 amide bonds. The summed E-state index contributed by atoms with van der Waals surface area (Å²) in [4.78, 5) is 4.22. The van der Waals surface area contributed by atoms with Crippen molar-refractivity contribution in [1.82, 2.24) is 4.98 Å². The van der Waals surface area contributed by atoms with E-state index in [1.54, 1.807) is 0 Å². The van der Waals surface area contributed by atoms with Crippen LogP contribution in [0.2, 0.25) is 0 Å². The predicted molar refractivity (Wildman–Crippen MR) is 47.2 cm³/mol. The van der Waals surface area contributed by atoms with Crippen LogP contribution < -0.4 is 4.90 Å². The van der Waals surface area contributed by atoms with Crippen molar-refractivity contribution < 1.29 is 13.2 Å². The zero-order chi connectivity index (χ0) is 10.2. The Balaban J connectivity index is 2.17. The van der Waals surface area contributed by atoms with Gasteiger partial charge in [-0.25, -0.2) is 0 Å². The Morgan fingerprint density at radius 1 is 1.21 bits per heavy atom. The molecule has 5 heteroatoms. The van der Waals surface area contributed by atoms with Crippen LogP contribution in [0.4, 0.5) is 18.9 Å². The molecule has 2 nitrogen and oxygen atoms in total. The summed E-state index contributed by atoms with van der Waals surface area (Å²) in [5.41, 5.74) is -0.0192. The number of aromatic amines is 1. The van der Waals surface area contributed by atoms with Crippen molar-refractivity contribution in [2.75, 3.05) is 18.0 Å². The van der Waals surface area contributed by atoms with E-state index in [1.165, 1.54) is 12.3 Å². The summed E-state index contributed by atoms with van der Waals surface area (Å²) < 4.78 is 36.7. The number of nitrogens with one attached hydrogen (secondary N) is 1. The molecule has 0 unspecified atom stereocenters. The fraction of sp³-hybridized carbons (Fsp3) is 0.556. The van der Waals surface area contributed by atoms with Gasteiger partial charge in [-0.1, -0.05) is 0 Å². The molecule has 0 bridgehead atoms. The van der Waals surface area contributed by atoms with Crippen molar-refractivity contribution in [1.29, 1.82) is 0 Å². The molecule has 1 N–H and O–H groups in total. The van der Waals surface area contributed by atoms with Gasteiger partial charge in [0.2, 0.25) is 0 Å². The molecule has 1 aliphatic rings. The monoisotopic (exact) mass is 204 g/mol. The average molecular weight is 204 g/mol. The Kier molecular flexibility index (Phi) is 2.17. The fourth-order valence-corrected chi connectivity index (χ4v) is 1.70. The van der Waals surface area contributed by atoms with E-state index >= 15 is 0 Å². The SMILES string of the molecule is FC(F)(F)c1cc(N2CCCC2)c[nH]1. The van der Waals surface area contributed by atoms with Crippen LogP contribution in [-0.2, 0) is 6.18 Å². The zero-order valence-electron chi connectivity index (χ0n) is 7.56. The maximum absolute atomic E-state index is 12.2. The Morgan fingerprint density at radius 2 is 1.86 bits per heavy atom. The molecule has 0 aliphatic carbocycles. The number of nitrogens with zero attached hydrogens (tertiary/aromatic N) is 1. The fourth-order valence-electron chi connectivity index (χ4n) is 1.70. The first kappa shape index (κ1) is 9.43. The third-order valence-corrected chi connectivity index (χ3v) is 2.44. The van der Waals surface area contributed by atoms with E-state index in [1.807, 2.05) is 4.90 Å². The summed E-state index contributed by atoms with van der Waals surface area (Å²) >= 11 is 0. The van der Waals surface area contributed by atoms with Crippen molar-refractivity contribution in [2.24, 2.45) is 0 Å². The van der Waals surface area contributed by atoms with Gasteiger partial charge in [0.05, 0.1) is 5.69 Å². The standard InChI is InChI=1S/C9H11F3N2/c10-9(11,12)8-5-7(6-13-8)14-3-1-2-4-14/h5-6,13H,1-4H2. The van der Waals surface area contributed by atoms with Gasteiger partial charge >= 0.3 is 6.18 Å². The lowest BCUT2D eigenvalue weighted by molar-refractivity contribution is -0.140. The Hall–Kier alpha value is -1.13. The van der Waals surface area contributed by atoms with Gasteiger partial charge in [0.15, 0.2) is 0 Å². The Morgan fingerprint density at radius 3 is 2.36 bits per heavy atom. The molecule has 0 radical (unpaired) electrons. The molecule has 78 valence electrons. The predicted octanol–water partition coefficient (Wildman–Crippen LogP) is 2.63. The van der Waals surface area contributed by atoms with Crippen LogP contribution >= 0.6 is 0 Å². The Bertz CT molecular complexity index is 310. The number of hydrogen-bond acceptors (Lipinski definition) is 1. The highest BCUT2D eigenvalue weighted by atomic mass is 19.4. The number of aromatic nitrogens is 1. The molecule has 0 saturated carbocycles. The maximum Gasteiger partial charge on any atom is 0.431 e. The van der Waals surface area contributed by atoms with Gasteiger partial charge in [-0.3, -0.25) is 0 Å².